The van der Waals surface area contributed by atoms with Gasteiger partial charge in [0.25, 0.3) is 5.79 Å². The molecule has 0 aliphatic carbocycles. The minimum atomic E-state index is -3.07. The van der Waals surface area contributed by atoms with Crippen molar-refractivity contribution in [3.8, 4) is 0 Å². The van der Waals surface area contributed by atoms with Gasteiger partial charge in [0.2, 0.25) is 11.8 Å². The fraction of sp³-hybridized carbons (Fsp3) is 0.942. The average Bonchev–Trinajstić information content (AvgIpc) is 3.38. The molecule has 0 radical (unpaired) electrons. The normalized spacial score (nSPS) is 31.8. The summed E-state index contributed by atoms with van der Waals surface area (Å²) in [6.07, 6.45) is -5.39. The first-order valence-corrected chi connectivity index (χ1v) is 27.9. The lowest BCUT2D eigenvalue weighted by atomic mass is 9.88. The summed E-state index contributed by atoms with van der Waals surface area (Å²) in [6.45, 7) is 2.10. The van der Waals surface area contributed by atoms with Crippen molar-refractivity contribution >= 4 is 17.8 Å². The molecule has 18 atom stereocenters. The Bertz CT molecular complexity index is 1570. The largest absolute Gasteiger partial charge is 0.477 e. The Morgan fingerprint density at radius 1 is 0.640 bits per heavy atom. The van der Waals surface area contributed by atoms with Gasteiger partial charge in [0, 0.05) is 19.8 Å². The summed E-state index contributed by atoms with van der Waals surface area (Å²) in [5.74, 6) is -6.10. The van der Waals surface area contributed by atoms with Crippen LogP contribution in [-0.4, -0.2) is 215 Å². The van der Waals surface area contributed by atoms with E-state index in [4.69, 9.17) is 28.4 Å². The molecule has 2 amide bonds. The van der Waals surface area contributed by atoms with Crippen molar-refractivity contribution in [1.82, 2.24) is 10.6 Å². The highest BCUT2D eigenvalue weighted by Gasteiger charge is 2.60. The lowest BCUT2D eigenvalue weighted by molar-refractivity contribution is -0.386. The Kier molecular flexibility index (Phi) is 32.2. The maximum absolute atomic E-state index is 13.3. The Balaban J connectivity index is 1.70. The standard InChI is InChI=1S/C52H96N2O21/c1-4-6-8-10-12-14-15-16-18-20-22-24-26-39(62)54-33(34(59)25-23-21-19-17-13-11-9-7-5-2)31-70-49-44(66)43(65)46(38(30-57)72-49)73-50-45(67)48(42(64)37(29-56)71-50)75-52(51(68)69)27-35(60)40(53-32(3)58)47(74-52)41(63)36(61)28-55/h33-38,40-50,55-57,59-61,63-67H,4-31H2,1-3H3,(H,53,58)(H,54,62)(H,68,69). The molecule has 0 bridgehead atoms. The van der Waals surface area contributed by atoms with Crippen LogP contribution in [0.1, 0.15) is 175 Å². The van der Waals surface area contributed by atoms with Gasteiger partial charge in [-0.1, -0.05) is 142 Å². The third kappa shape index (κ3) is 21.7. The number of carboxylic acid groups (broad SMARTS) is 1. The summed E-state index contributed by atoms with van der Waals surface area (Å²) in [6, 6.07) is -2.52. The average molecular weight is 1090 g/mol. The fourth-order valence-electron chi connectivity index (χ4n) is 10.0. The van der Waals surface area contributed by atoms with Gasteiger partial charge in [0.1, 0.15) is 67.1 Å². The first-order valence-electron chi connectivity index (χ1n) is 27.9. The quantitative estimate of drug-likeness (QED) is 0.0376. The van der Waals surface area contributed by atoms with Gasteiger partial charge >= 0.3 is 5.97 Å². The molecule has 14 N–H and O–H groups in total. The zero-order chi connectivity index (χ0) is 55.5. The summed E-state index contributed by atoms with van der Waals surface area (Å²) in [5, 5.41) is 135. The molecule has 3 saturated heterocycles. The molecule has 18 unspecified atom stereocenters. The molecule has 0 spiro atoms. The number of amides is 2. The van der Waals surface area contributed by atoms with Gasteiger partial charge in [-0.15, -0.1) is 0 Å². The predicted molar refractivity (Wildman–Crippen MR) is 269 cm³/mol. The number of aliphatic hydroxyl groups excluding tert-OH is 11. The van der Waals surface area contributed by atoms with Crippen LogP contribution in [0.4, 0.5) is 0 Å². The highest BCUT2D eigenvalue weighted by atomic mass is 16.8. The third-order valence-electron chi connectivity index (χ3n) is 14.6. The van der Waals surface area contributed by atoms with E-state index in [1.165, 1.54) is 70.6 Å². The molecular weight excluding hydrogens is 989 g/mol. The van der Waals surface area contributed by atoms with Gasteiger partial charge in [-0.05, 0) is 12.8 Å². The summed E-state index contributed by atoms with van der Waals surface area (Å²) in [4.78, 5) is 38.2. The predicted octanol–water partition coefficient (Wildman–Crippen LogP) is 0.659. The van der Waals surface area contributed by atoms with E-state index in [0.29, 0.717) is 19.3 Å². The molecule has 3 heterocycles. The summed E-state index contributed by atoms with van der Waals surface area (Å²) in [7, 11) is 0. The number of aliphatic carboxylic acids is 1. The molecule has 23 nitrogen and oxygen atoms in total. The molecule has 0 aromatic heterocycles. The van der Waals surface area contributed by atoms with E-state index >= 15 is 0 Å². The van der Waals surface area contributed by atoms with Crippen LogP contribution in [0.2, 0.25) is 0 Å². The number of hydrogen-bond acceptors (Lipinski definition) is 20. The van der Waals surface area contributed by atoms with Gasteiger partial charge in [0.05, 0.1) is 50.7 Å². The van der Waals surface area contributed by atoms with E-state index in [9.17, 15) is 75.7 Å². The van der Waals surface area contributed by atoms with Crippen molar-refractivity contribution < 1.29 is 104 Å². The van der Waals surface area contributed by atoms with Crippen molar-refractivity contribution in [1.29, 1.82) is 0 Å². The Hall–Kier alpha value is -2.27. The van der Waals surface area contributed by atoms with Crippen LogP contribution in [0.25, 0.3) is 0 Å². The van der Waals surface area contributed by atoms with E-state index in [2.05, 4.69) is 24.5 Å². The van der Waals surface area contributed by atoms with Gasteiger partial charge in [0.15, 0.2) is 12.6 Å². The van der Waals surface area contributed by atoms with Gasteiger partial charge in [-0.3, -0.25) is 9.59 Å². The summed E-state index contributed by atoms with van der Waals surface area (Å²) < 4.78 is 34.6. The molecule has 3 rings (SSSR count). The van der Waals surface area contributed by atoms with E-state index in [1.807, 2.05) is 0 Å². The molecule has 0 saturated carbocycles. The van der Waals surface area contributed by atoms with Crippen LogP contribution >= 0.6 is 0 Å². The lowest BCUT2D eigenvalue weighted by Gasteiger charge is -2.50. The maximum atomic E-state index is 13.3. The summed E-state index contributed by atoms with van der Waals surface area (Å²) in [5.41, 5.74) is 0. The monoisotopic (exact) mass is 1080 g/mol. The lowest BCUT2D eigenvalue weighted by Crippen LogP contribution is -2.70. The van der Waals surface area contributed by atoms with Gasteiger partial charge in [-0.25, -0.2) is 4.79 Å². The molecule has 3 fully saturated rings. The second-order valence-electron chi connectivity index (χ2n) is 20.8. The van der Waals surface area contributed by atoms with Crippen molar-refractivity contribution in [2.75, 3.05) is 26.4 Å². The van der Waals surface area contributed by atoms with Crippen LogP contribution < -0.4 is 10.6 Å². The van der Waals surface area contributed by atoms with E-state index in [-0.39, 0.29) is 18.9 Å². The summed E-state index contributed by atoms with van der Waals surface area (Å²) >= 11 is 0. The number of nitrogens with one attached hydrogen (secondary N) is 2. The smallest absolute Gasteiger partial charge is 0.364 e. The van der Waals surface area contributed by atoms with Crippen LogP contribution in [0, 0.1) is 0 Å². The molecule has 0 aromatic rings. The number of unbranched alkanes of at least 4 members (excludes halogenated alkanes) is 19. The van der Waals surface area contributed by atoms with Crippen LogP contribution in [0.5, 0.6) is 0 Å². The van der Waals surface area contributed by atoms with Crippen molar-refractivity contribution in [3.63, 3.8) is 0 Å². The van der Waals surface area contributed by atoms with Crippen LogP contribution in [0.15, 0.2) is 0 Å². The molecule has 0 aromatic carbocycles. The number of rotatable bonds is 39. The zero-order valence-corrected chi connectivity index (χ0v) is 44.7. The van der Waals surface area contributed by atoms with E-state index in [0.717, 1.165) is 58.3 Å². The SMILES string of the molecule is CCCCCCCCCCCCCCC(=O)NC(COC1OC(CO)C(OC2OC(CO)C(O)C(OC3(C(=O)O)CC(O)C(NC(C)=O)C(C(O)C(O)CO)O3)C2O)C(O)C1O)C(O)CCCCCCCCCCC. The van der Waals surface area contributed by atoms with Crippen LogP contribution in [0.3, 0.4) is 0 Å². The first kappa shape index (κ1) is 67.0. The number of carbonyl (C=O) groups is 3. The molecule has 75 heavy (non-hydrogen) atoms. The molecular formula is C52H96N2O21. The number of aliphatic hydroxyl groups is 11. The second-order valence-corrected chi connectivity index (χ2v) is 20.8. The second kappa shape index (κ2) is 36.1. The number of hydrogen-bond donors (Lipinski definition) is 14. The van der Waals surface area contributed by atoms with Gasteiger partial charge in [-0.2, -0.15) is 0 Å². The highest BCUT2D eigenvalue weighted by Crippen LogP contribution is 2.38. The van der Waals surface area contributed by atoms with Crippen molar-refractivity contribution in [2.24, 2.45) is 0 Å². The first-order chi connectivity index (χ1) is 35.9. The minimum absolute atomic E-state index is 0.227. The third-order valence-corrected chi connectivity index (χ3v) is 14.6. The maximum Gasteiger partial charge on any atom is 0.364 e. The number of carboxylic acids is 1. The van der Waals surface area contributed by atoms with Crippen molar-refractivity contribution in [2.45, 2.75) is 285 Å². The van der Waals surface area contributed by atoms with Crippen molar-refractivity contribution in [3.05, 3.63) is 0 Å². The topological polar surface area (TPSA) is 373 Å². The van der Waals surface area contributed by atoms with Crippen LogP contribution in [-0.2, 0) is 42.8 Å². The molecule has 23 heteroatoms. The number of ether oxygens (including phenoxy) is 6. The minimum Gasteiger partial charge on any atom is -0.477 e. The number of carbonyl (C=O) groups excluding carboxylic acids is 2. The van der Waals surface area contributed by atoms with E-state index < -0.39 is 148 Å². The van der Waals surface area contributed by atoms with Gasteiger partial charge < -0.3 is 100 Å². The Morgan fingerprint density at radius 2 is 1.16 bits per heavy atom. The van der Waals surface area contributed by atoms with E-state index in [1.54, 1.807) is 0 Å². The molecule has 3 aliphatic heterocycles. The fourth-order valence-corrected chi connectivity index (χ4v) is 10.0. The Morgan fingerprint density at radius 3 is 1.67 bits per heavy atom. The molecule has 3 aliphatic rings. The zero-order valence-electron chi connectivity index (χ0n) is 44.7. The highest BCUT2D eigenvalue weighted by molar-refractivity contribution is 5.77. The molecule has 440 valence electrons. The Labute approximate surface area is 442 Å².